The Balaban J connectivity index is 2.07. The highest BCUT2D eigenvalue weighted by Crippen LogP contribution is 2.51. The van der Waals surface area contributed by atoms with Crippen LogP contribution in [0.25, 0.3) is 16.6 Å². The van der Waals surface area contributed by atoms with Gasteiger partial charge in [-0.1, -0.05) is 35.6 Å². The number of esters is 2. The number of nitro groups is 1. The number of para-hydroxylation sites is 1. The van der Waals surface area contributed by atoms with Crippen molar-refractivity contribution in [3.63, 3.8) is 0 Å². The van der Waals surface area contributed by atoms with Crippen LogP contribution in [0.2, 0.25) is 0 Å². The number of anilines is 2. The number of benzene rings is 2. The molecule has 10 nitrogen and oxygen atoms in total. The van der Waals surface area contributed by atoms with Gasteiger partial charge in [-0.3, -0.25) is 19.8 Å². The fourth-order valence-electron chi connectivity index (χ4n) is 3.94. The van der Waals surface area contributed by atoms with Crippen LogP contribution in [0.5, 0.6) is 0 Å². The van der Waals surface area contributed by atoms with E-state index in [1.807, 2.05) is 0 Å². The Hall–Kier alpha value is -4.72. The molecule has 2 aromatic heterocycles. The summed E-state index contributed by atoms with van der Waals surface area (Å²) in [6, 6.07) is 14.6. The molecule has 2 aromatic carbocycles. The number of thiophene rings is 1. The van der Waals surface area contributed by atoms with Crippen LogP contribution in [-0.4, -0.2) is 41.1 Å². The van der Waals surface area contributed by atoms with E-state index in [1.165, 1.54) is 25.1 Å². The third kappa shape index (κ3) is 5.05. The van der Waals surface area contributed by atoms with Gasteiger partial charge in [-0.05, 0) is 37.3 Å². The van der Waals surface area contributed by atoms with Crippen LogP contribution in [0.4, 0.5) is 29.5 Å². The van der Waals surface area contributed by atoms with Crippen molar-refractivity contribution in [3.8, 4) is 5.69 Å². The molecule has 202 valence electrons. The van der Waals surface area contributed by atoms with Gasteiger partial charge < -0.3 is 14.0 Å². The van der Waals surface area contributed by atoms with Crippen molar-refractivity contribution in [2.75, 3.05) is 18.6 Å². The van der Waals surface area contributed by atoms with Gasteiger partial charge in [0.15, 0.2) is 5.69 Å². The predicted octanol–water partition coefficient (Wildman–Crippen LogP) is 5.63. The number of aromatic nitrogens is 1. The van der Waals surface area contributed by atoms with E-state index in [0.717, 1.165) is 7.11 Å². The van der Waals surface area contributed by atoms with Crippen molar-refractivity contribution in [1.82, 2.24) is 4.57 Å². The van der Waals surface area contributed by atoms with Gasteiger partial charge in [0.05, 0.1) is 29.8 Å². The standard InChI is InChI=1S/C25H18F3N3O7S/c1-3-38-24(34)21(32)30(19-18(25(26,27)28)20(23(33)37-2)39-22(19)31(35)36)16-10-9-14-11-12-29(17(14)13-16)15-7-5-4-6-8-15/h4-13H,3H2,1-2H3. The first-order valence-corrected chi connectivity index (χ1v) is 12.0. The number of halogens is 3. The van der Waals surface area contributed by atoms with Crippen molar-refractivity contribution in [1.29, 1.82) is 0 Å². The average molecular weight is 561 g/mol. The summed E-state index contributed by atoms with van der Waals surface area (Å²) < 4.78 is 53.9. The van der Waals surface area contributed by atoms with Gasteiger partial charge in [-0.15, -0.1) is 0 Å². The number of fused-ring (bicyclic) bond motifs is 1. The molecule has 2 heterocycles. The molecule has 4 rings (SSSR count). The van der Waals surface area contributed by atoms with E-state index in [-0.39, 0.29) is 28.5 Å². The fourth-order valence-corrected chi connectivity index (χ4v) is 4.98. The second-order valence-corrected chi connectivity index (χ2v) is 8.83. The minimum atomic E-state index is -5.36. The molecule has 0 aliphatic heterocycles. The molecule has 0 aliphatic rings. The first-order valence-electron chi connectivity index (χ1n) is 11.1. The van der Waals surface area contributed by atoms with Crippen LogP contribution in [0, 0.1) is 10.1 Å². The van der Waals surface area contributed by atoms with E-state index in [2.05, 4.69) is 4.74 Å². The van der Waals surface area contributed by atoms with E-state index < -0.39 is 50.1 Å². The number of carbonyl (C=O) groups is 3. The molecule has 39 heavy (non-hydrogen) atoms. The molecule has 0 unspecified atom stereocenters. The molecule has 0 fully saturated rings. The van der Waals surface area contributed by atoms with Crippen molar-refractivity contribution in [3.05, 3.63) is 81.3 Å². The zero-order valence-corrected chi connectivity index (χ0v) is 21.0. The monoisotopic (exact) mass is 561 g/mol. The molecule has 0 saturated carbocycles. The fraction of sp³-hybridized carbons (Fsp3) is 0.160. The van der Waals surface area contributed by atoms with Gasteiger partial charge in [0.25, 0.3) is 0 Å². The van der Waals surface area contributed by atoms with Crippen LogP contribution >= 0.6 is 11.3 Å². The number of carbonyl (C=O) groups excluding carboxylic acids is 3. The summed E-state index contributed by atoms with van der Waals surface area (Å²) in [6.07, 6.45) is -3.67. The van der Waals surface area contributed by atoms with E-state index in [0.29, 0.717) is 16.6 Å². The van der Waals surface area contributed by atoms with Crippen LogP contribution < -0.4 is 4.90 Å². The van der Waals surface area contributed by atoms with Gasteiger partial charge >= 0.3 is 29.0 Å². The maximum atomic E-state index is 14.4. The first kappa shape index (κ1) is 27.3. The topological polar surface area (TPSA) is 121 Å². The van der Waals surface area contributed by atoms with Gasteiger partial charge in [-0.25, -0.2) is 9.59 Å². The van der Waals surface area contributed by atoms with E-state index in [9.17, 15) is 37.7 Å². The Morgan fingerprint density at radius 1 is 1.10 bits per heavy atom. The third-order valence-corrected chi connectivity index (χ3v) is 6.64. The molecule has 0 saturated heterocycles. The predicted molar refractivity (Wildman–Crippen MR) is 134 cm³/mol. The maximum absolute atomic E-state index is 14.4. The number of hydrogen-bond donors (Lipinski definition) is 0. The zero-order valence-electron chi connectivity index (χ0n) is 20.2. The van der Waals surface area contributed by atoms with Gasteiger partial charge in [0.2, 0.25) is 0 Å². The van der Waals surface area contributed by atoms with Crippen molar-refractivity contribution in [2.45, 2.75) is 13.1 Å². The van der Waals surface area contributed by atoms with Crippen molar-refractivity contribution < 1.29 is 42.0 Å². The Labute approximate surface area is 221 Å². The lowest BCUT2D eigenvalue weighted by molar-refractivity contribution is -0.379. The highest BCUT2D eigenvalue weighted by molar-refractivity contribution is 7.18. The number of hydrogen-bond acceptors (Lipinski definition) is 8. The largest absolute Gasteiger partial charge is 0.465 e. The summed E-state index contributed by atoms with van der Waals surface area (Å²) in [4.78, 5) is 47.9. The summed E-state index contributed by atoms with van der Waals surface area (Å²) in [5.41, 5.74) is -2.30. The van der Waals surface area contributed by atoms with Gasteiger partial charge in [0.1, 0.15) is 10.4 Å². The summed E-state index contributed by atoms with van der Waals surface area (Å²) in [5.74, 6) is -4.68. The number of amides is 1. The maximum Gasteiger partial charge on any atom is 0.420 e. The van der Waals surface area contributed by atoms with Crippen molar-refractivity contribution in [2.24, 2.45) is 0 Å². The summed E-state index contributed by atoms with van der Waals surface area (Å²) in [5, 5.41) is 11.4. The van der Waals surface area contributed by atoms with Crippen LogP contribution in [0.1, 0.15) is 22.2 Å². The Bertz CT molecular complexity index is 1600. The molecular formula is C25H18F3N3O7S. The SMILES string of the molecule is CCOC(=O)C(=O)N(c1ccc2ccn(-c3ccccc3)c2c1)c1c([N+](=O)[O-])sc(C(=O)OC)c1C(F)(F)F. The number of alkyl halides is 3. The average Bonchev–Trinajstić information content (AvgIpc) is 3.51. The van der Waals surface area contributed by atoms with Crippen LogP contribution in [0.3, 0.4) is 0 Å². The second kappa shape index (κ2) is 10.6. The Morgan fingerprint density at radius 3 is 2.38 bits per heavy atom. The van der Waals surface area contributed by atoms with E-state index in [4.69, 9.17) is 4.74 Å². The molecular weight excluding hydrogens is 543 g/mol. The highest BCUT2D eigenvalue weighted by Gasteiger charge is 2.49. The normalized spacial score (nSPS) is 11.3. The molecule has 0 atom stereocenters. The number of rotatable bonds is 6. The third-order valence-electron chi connectivity index (χ3n) is 5.53. The summed E-state index contributed by atoms with van der Waals surface area (Å²) in [7, 11) is 0.806. The van der Waals surface area contributed by atoms with Crippen LogP contribution in [-0.2, 0) is 25.2 Å². The van der Waals surface area contributed by atoms with E-state index >= 15 is 0 Å². The second-order valence-electron chi connectivity index (χ2n) is 7.83. The molecule has 0 radical (unpaired) electrons. The lowest BCUT2D eigenvalue weighted by Gasteiger charge is -2.23. The lowest BCUT2D eigenvalue weighted by atomic mass is 10.1. The number of ether oxygens (including phenoxy) is 2. The van der Waals surface area contributed by atoms with Crippen molar-refractivity contribution >= 4 is 56.5 Å². The minimum Gasteiger partial charge on any atom is -0.465 e. The van der Waals surface area contributed by atoms with Crippen LogP contribution in [0.15, 0.2) is 60.8 Å². The molecule has 0 N–H and O–H groups in total. The quantitative estimate of drug-likeness (QED) is 0.129. The van der Waals surface area contributed by atoms with Gasteiger partial charge in [0, 0.05) is 17.3 Å². The highest BCUT2D eigenvalue weighted by atomic mass is 32.1. The molecule has 1 amide bonds. The smallest absolute Gasteiger partial charge is 0.420 e. The molecule has 0 bridgehead atoms. The Morgan fingerprint density at radius 2 is 1.79 bits per heavy atom. The summed E-state index contributed by atoms with van der Waals surface area (Å²) >= 11 is -0.120. The lowest BCUT2D eigenvalue weighted by Crippen LogP contribution is -2.35. The minimum absolute atomic E-state index is 0.120. The summed E-state index contributed by atoms with van der Waals surface area (Å²) in [6.45, 7) is 1.08. The molecule has 4 aromatic rings. The number of nitrogens with zero attached hydrogens (tertiary/aromatic N) is 3. The van der Waals surface area contributed by atoms with E-state index in [1.54, 1.807) is 47.2 Å². The molecule has 0 aliphatic carbocycles. The first-order chi connectivity index (χ1) is 18.5. The van der Waals surface area contributed by atoms with Gasteiger partial charge in [-0.2, -0.15) is 13.2 Å². The number of methoxy groups -OCH3 is 1. The molecule has 0 spiro atoms. The Kier molecular flexibility index (Phi) is 7.40. The molecule has 14 heteroatoms. The zero-order chi connectivity index (χ0) is 28.5.